The number of ether oxygens (including phenoxy) is 1. The lowest BCUT2D eigenvalue weighted by atomic mass is 10.0. The molecule has 2 aliphatic heterocycles. The molecule has 10 heteroatoms. The third-order valence-corrected chi connectivity index (χ3v) is 6.57. The van der Waals surface area contributed by atoms with Crippen molar-refractivity contribution < 1.29 is 4.74 Å². The van der Waals surface area contributed by atoms with Crippen molar-refractivity contribution in [3.05, 3.63) is 59.5 Å². The number of nitrogens with zero attached hydrogens (tertiary/aromatic N) is 8. The van der Waals surface area contributed by atoms with E-state index in [4.69, 9.17) is 26.3 Å². The summed E-state index contributed by atoms with van der Waals surface area (Å²) in [5, 5.41) is 9.53. The highest BCUT2D eigenvalue weighted by atomic mass is 35.5. The summed E-state index contributed by atoms with van der Waals surface area (Å²) in [4.78, 5) is 16.7. The maximum absolute atomic E-state index is 6.23. The van der Waals surface area contributed by atoms with E-state index in [0.717, 1.165) is 54.0 Å². The number of halogens is 1. The molecule has 2 atom stereocenters. The van der Waals surface area contributed by atoms with Crippen molar-refractivity contribution in [1.82, 2.24) is 34.3 Å². The second-order valence-corrected chi connectivity index (χ2v) is 8.74. The van der Waals surface area contributed by atoms with Gasteiger partial charge in [0, 0.05) is 29.6 Å². The Kier molecular flexibility index (Phi) is 4.88. The zero-order valence-electron chi connectivity index (χ0n) is 18.4. The van der Waals surface area contributed by atoms with E-state index in [9.17, 15) is 0 Å². The molecule has 5 heterocycles. The van der Waals surface area contributed by atoms with Crippen molar-refractivity contribution in [2.24, 2.45) is 0 Å². The molecule has 2 aliphatic rings. The highest BCUT2D eigenvalue weighted by molar-refractivity contribution is 6.30. The van der Waals surface area contributed by atoms with Crippen molar-refractivity contribution >= 4 is 17.4 Å². The number of rotatable bonds is 4. The number of anilines is 1. The Morgan fingerprint density at radius 1 is 1.21 bits per heavy atom. The molecule has 33 heavy (non-hydrogen) atoms. The van der Waals surface area contributed by atoms with E-state index in [1.54, 1.807) is 6.20 Å². The molecule has 0 bridgehead atoms. The lowest BCUT2D eigenvalue weighted by molar-refractivity contribution is 0.191. The predicted molar refractivity (Wildman–Crippen MR) is 124 cm³/mol. The fourth-order valence-corrected chi connectivity index (χ4v) is 5.03. The molecule has 0 aliphatic carbocycles. The average molecular weight is 463 g/mol. The van der Waals surface area contributed by atoms with E-state index in [0.29, 0.717) is 17.6 Å². The molecule has 0 saturated carbocycles. The third-order valence-electron chi connectivity index (χ3n) is 6.33. The molecule has 1 aromatic carbocycles. The number of hydrogen-bond donors (Lipinski definition) is 0. The molecule has 1 fully saturated rings. The van der Waals surface area contributed by atoms with Crippen LogP contribution in [0.4, 0.5) is 5.82 Å². The van der Waals surface area contributed by atoms with Gasteiger partial charge < -0.3 is 9.64 Å². The lowest BCUT2D eigenvalue weighted by Gasteiger charge is -2.40. The van der Waals surface area contributed by atoms with Gasteiger partial charge in [-0.05, 0) is 31.9 Å². The summed E-state index contributed by atoms with van der Waals surface area (Å²) in [6.07, 6.45) is 7.30. The molecule has 1 saturated heterocycles. The smallest absolute Gasteiger partial charge is 0.237 e. The molecule has 0 N–H and O–H groups in total. The molecular weight excluding hydrogens is 440 g/mol. The highest BCUT2D eigenvalue weighted by Gasteiger charge is 2.39. The highest BCUT2D eigenvalue weighted by Crippen LogP contribution is 2.41. The quantitative estimate of drug-likeness (QED) is 0.454. The number of benzene rings is 1. The van der Waals surface area contributed by atoms with Crippen LogP contribution in [0.5, 0.6) is 0 Å². The van der Waals surface area contributed by atoms with Gasteiger partial charge in [0.25, 0.3) is 0 Å². The van der Waals surface area contributed by atoms with Gasteiger partial charge in [-0.1, -0.05) is 30.7 Å². The Hall–Kier alpha value is -3.30. The van der Waals surface area contributed by atoms with Gasteiger partial charge in [0.1, 0.15) is 17.3 Å². The molecule has 1 unspecified atom stereocenters. The zero-order valence-corrected chi connectivity index (χ0v) is 19.1. The fraction of sp³-hybridized carbons (Fsp3) is 0.348. The van der Waals surface area contributed by atoms with Crippen LogP contribution in [0.3, 0.4) is 0 Å². The van der Waals surface area contributed by atoms with Crippen molar-refractivity contribution in [3.63, 3.8) is 0 Å². The number of imidazole rings is 1. The number of fused-ring (bicyclic) bond motifs is 3. The van der Waals surface area contributed by atoms with Gasteiger partial charge in [-0.3, -0.25) is 9.13 Å². The summed E-state index contributed by atoms with van der Waals surface area (Å²) in [5.41, 5.74) is 1.79. The first-order chi connectivity index (χ1) is 16.2. The number of aryl methyl sites for hydroxylation is 1. The van der Waals surface area contributed by atoms with Crippen molar-refractivity contribution in [2.75, 3.05) is 18.1 Å². The molecule has 0 amide bonds. The van der Waals surface area contributed by atoms with Crippen molar-refractivity contribution in [1.29, 1.82) is 0 Å². The van der Waals surface area contributed by atoms with E-state index in [1.807, 2.05) is 48.1 Å². The standard InChI is InChI=1S/C23H23ClN8O/c1-3-18-22-29-28-14(2)31(22)19-12-26-23(27-21(19)32(18)17-7-10-33-13-17)30-9-8-25-20(30)15-5-4-6-16(24)11-15/h4-6,8-9,11-12,17-18H,3,7,10,13H2,1-2H3/t17?,18-/m1/s1. The van der Waals surface area contributed by atoms with E-state index < -0.39 is 0 Å². The maximum atomic E-state index is 6.23. The Balaban J connectivity index is 1.53. The Morgan fingerprint density at radius 2 is 2.12 bits per heavy atom. The van der Waals surface area contributed by atoms with Gasteiger partial charge in [0.05, 0.1) is 24.9 Å². The minimum absolute atomic E-state index is 0.0586. The molecule has 6 rings (SSSR count). The van der Waals surface area contributed by atoms with Crippen molar-refractivity contribution in [2.45, 2.75) is 38.8 Å². The summed E-state index contributed by atoms with van der Waals surface area (Å²) in [5.74, 6) is 3.90. The van der Waals surface area contributed by atoms with Crippen LogP contribution in [0.1, 0.15) is 37.5 Å². The van der Waals surface area contributed by atoms with Crippen LogP contribution in [0.2, 0.25) is 5.02 Å². The normalized spacial score (nSPS) is 19.5. The molecule has 168 valence electrons. The van der Waals surface area contributed by atoms with Gasteiger partial charge in [-0.15, -0.1) is 10.2 Å². The monoisotopic (exact) mass is 462 g/mol. The van der Waals surface area contributed by atoms with E-state index >= 15 is 0 Å². The molecule has 3 aromatic heterocycles. The van der Waals surface area contributed by atoms with Crippen LogP contribution in [0.25, 0.3) is 23.0 Å². The van der Waals surface area contributed by atoms with Crippen LogP contribution in [-0.2, 0) is 4.74 Å². The van der Waals surface area contributed by atoms with Gasteiger partial charge in [-0.25, -0.2) is 9.97 Å². The number of hydrogen-bond acceptors (Lipinski definition) is 7. The van der Waals surface area contributed by atoms with E-state index in [2.05, 4.69) is 31.6 Å². The molecule has 0 radical (unpaired) electrons. The first-order valence-corrected chi connectivity index (χ1v) is 11.5. The SMILES string of the molecule is CC[C@@H]1c2nnc(C)n2-c2cnc(-n3ccnc3-c3cccc(Cl)c3)nc2N1C1CCOC1. The third kappa shape index (κ3) is 3.22. The summed E-state index contributed by atoms with van der Waals surface area (Å²) >= 11 is 6.23. The Bertz CT molecular complexity index is 1330. The molecular formula is C23H23ClN8O. The predicted octanol–water partition coefficient (Wildman–Crippen LogP) is 3.93. The number of aromatic nitrogens is 7. The zero-order chi connectivity index (χ0) is 22.5. The average Bonchev–Trinajstić information content (AvgIpc) is 3.59. The molecule has 9 nitrogen and oxygen atoms in total. The molecule has 0 spiro atoms. The van der Waals surface area contributed by atoms with Crippen LogP contribution in [0, 0.1) is 6.92 Å². The van der Waals surface area contributed by atoms with Crippen LogP contribution in [-0.4, -0.2) is 53.5 Å². The first kappa shape index (κ1) is 20.3. The summed E-state index contributed by atoms with van der Waals surface area (Å²) in [6, 6.07) is 7.90. The van der Waals surface area contributed by atoms with Crippen LogP contribution >= 0.6 is 11.6 Å². The summed E-state index contributed by atoms with van der Waals surface area (Å²) in [7, 11) is 0. The van der Waals surface area contributed by atoms with Crippen LogP contribution in [0.15, 0.2) is 42.9 Å². The van der Waals surface area contributed by atoms with E-state index in [1.165, 1.54) is 0 Å². The Labute approximate surface area is 196 Å². The van der Waals surface area contributed by atoms with Gasteiger partial charge in [-0.2, -0.15) is 4.98 Å². The minimum atomic E-state index is 0.0586. The minimum Gasteiger partial charge on any atom is -0.379 e. The summed E-state index contributed by atoms with van der Waals surface area (Å²) in [6.45, 7) is 5.54. The fourth-order valence-electron chi connectivity index (χ4n) is 4.84. The second-order valence-electron chi connectivity index (χ2n) is 8.30. The van der Waals surface area contributed by atoms with Gasteiger partial charge in [0.15, 0.2) is 11.6 Å². The topological polar surface area (TPSA) is 86.8 Å². The van der Waals surface area contributed by atoms with Gasteiger partial charge in [0.2, 0.25) is 5.95 Å². The maximum Gasteiger partial charge on any atom is 0.237 e. The Morgan fingerprint density at radius 3 is 2.91 bits per heavy atom. The van der Waals surface area contributed by atoms with E-state index in [-0.39, 0.29) is 12.1 Å². The van der Waals surface area contributed by atoms with Crippen LogP contribution < -0.4 is 4.90 Å². The van der Waals surface area contributed by atoms with Gasteiger partial charge >= 0.3 is 0 Å². The second kappa shape index (κ2) is 7.93. The lowest BCUT2D eigenvalue weighted by Crippen LogP contribution is -2.43. The first-order valence-electron chi connectivity index (χ1n) is 11.1. The summed E-state index contributed by atoms with van der Waals surface area (Å²) < 4.78 is 9.71. The molecule has 4 aromatic rings. The largest absolute Gasteiger partial charge is 0.379 e. The van der Waals surface area contributed by atoms with Crippen molar-refractivity contribution in [3.8, 4) is 23.0 Å².